The monoisotopic (exact) mass is 428 g/mol. The van der Waals surface area contributed by atoms with E-state index in [0.29, 0.717) is 25.7 Å². The van der Waals surface area contributed by atoms with Crippen molar-refractivity contribution in [3.05, 3.63) is 90.5 Å². The Balaban J connectivity index is 1.19. The van der Waals surface area contributed by atoms with Gasteiger partial charge in [-0.3, -0.25) is 0 Å². The van der Waals surface area contributed by atoms with Gasteiger partial charge < -0.3 is 14.8 Å². The zero-order chi connectivity index (χ0) is 21.6. The first kappa shape index (κ1) is 20.7. The SMILES string of the molecule is c1ccc2cc(COC3CNCCC3c3ccc(OCCn4cncn4)cc3)ccc2c1. The van der Waals surface area contributed by atoms with Crippen LogP contribution in [0.1, 0.15) is 23.5 Å². The number of ether oxygens (including phenoxy) is 2. The summed E-state index contributed by atoms with van der Waals surface area (Å²) in [5.74, 6) is 1.25. The fourth-order valence-electron chi connectivity index (χ4n) is 4.33. The van der Waals surface area contributed by atoms with Gasteiger partial charge in [0, 0.05) is 12.5 Å². The van der Waals surface area contributed by atoms with E-state index in [-0.39, 0.29) is 6.10 Å². The van der Waals surface area contributed by atoms with E-state index in [2.05, 4.69) is 82.1 Å². The average Bonchev–Trinajstić information content (AvgIpc) is 3.37. The largest absolute Gasteiger partial charge is 0.492 e. The van der Waals surface area contributed by atoms with Crippen LogP contribution in [0.5, 0.6) is 5.75 Å². The number of fused-ring (bicyclic) bond motifs is 1. The molecule has 1 N–H and O–H groups in total. The van der Waals surface area contributed by atoms with E-state index in [1.54, 1.807) is 11.0 Å². The van der Waals surface area contributed by atoms with Gasteiger partial charge in [0.25, 0.3) is 0 Å². The Hall–Kier alpha value is -3.22. The highest BCUT2D eigenvalue weighted by atomic mass is 16.5. The molecule has 6 heteroatoms. The first-order valence-electron chi connectivity index (χ1n) is 11.2. The minimum Gasteiger partial charge on any atom is -0.492 e. The molecule has 1 fully saturated rings. The van der Waals surface area contributed by atoms with Crippen LogP contribution >= 0.6 is 0 Å². The number of nitrogens with one attached hydrogen (secondary N) is 1. The molecular formula is C26H28N4O2. The Labute approximate surface area is 188 Å². The number of nitrogens with zero attached hydrogens (tertiary/aromatic N) is 3. The van der Waals surface area contributed by atoms with Crippen molar-refractivity contribution < 1.29 is 9.47 Å². The van der Waals surface area contributed by atoms with Gasteiger partial charge in [0.1, 0.15) is 25.0 Å². The predicted octanol–water partition coefficient (Wildman–Crippen LogP) is 4.17. The van der Waals surface area contributed by atoms with Crippen molar-refractivity contribution in [2.75, 3.05) is 19.7 Å². The predicted molar refractivity (Wildman–Crippen MR) is 125 cm³/mol. The van der Waals surface area contributed by atoms with Gasteiger partial charge in [-0.1, -0.05) is 48.5 Å². The van der Waals surface area contributed by atoms with Gasteiger partial charge in [0.05, 0.1) is 19.3 Å². The number of benzene rings is 3. The van der Waals surface area contributed by atoms with Crippen LogP contribution in [0.2, 0.25) is 0 Å². The molecule has 0 amide bonds. The fraction of sp³-hybridized carbons (Fsp3) is 0.308. The normalized spacial score (nSPS) is 18.6. The molecule has 0 bridgehead atoms. The van der Waals surface area contributed by atoms with Crippen molar-refractivity contribution >= 4 is 10.8 Å². The Bertz CT molecular complexity index is 1130. The summed E-state index contributed by atoms with van der Waals surface area (Å²) in [6.45, 7) is 3.75. The van der Waals surface area contributed by atoms with E-state index >= 15 is 0 Å². The number of hydrogen-bond donors (Lipinski definition) is 1. The van der Waals surface area contributed by atoms with Gasteiger partial charge in [-0.15, -0.1) is 0 Å². The van der Waals surface area contributed by atoms with Crippen molar-refractivity contribution in [3.63, 3.8) is 0 Å². The number of aromatic nitrogens is 3. The third kappa shape index (κ3) is 4.98. The summed E-state index contributed by atoms with van der Waals surface area (Å²) in [5, 5.41) is 10.1. The summed E-state index contributed by atoms with van der Waals surface area (Å²) in [5.41, 5.74) is 2.52. The van der Waals surface area contributed by atoms with E-state index < -0.39 is 0 Å². The molecular weight excluding hydrogens is 400 g/mol. The van der Waals surface area contributed by atoms with Crippen LogP contribution < -0.4 is 10.1 Å². The van der Waals surface area contributed by atoms with Crippen molar-refractivity contribution in [3.8, 4) is 5.75 Å². The highest BCUT2D eigenvalue weighted by Crippen LogP contribution is 2.30. The number of piperidine rings is 1. The lowest BCUT2D eigenvalue weighted by molar-refractivity contribution is 0.0106. The highest BCUT2D eigenvalue weighted by molar-refractivity contribution is 5.82. The van der Waals surface area contributed by atoms with Crippen LogP contribution in [0.4, 0.5) is 0 Å². The van der Waals surface area contributed by atoms with Crippen molar-refractivity contribution in [1.29, 1.82) is 0 Å². The molecule has 5 rings (SSSR count). The molecule has 1 aliphatic heterocycles. The maximum atomic E-state index is 6.41. The quantitative estimate of drug-likeness (QED) is 0.456. The average molecular weight is 429 g/mol. The maximum Gasteiger partial charge on any atom is 0.137 e. The van der Waals surface area contributed by atoms with E-state index in [1.807, 2.05) is 0 Å². The van der Waals surface area contributed by atoms with E-state index in [0.717, 1.165) is 25.3 Å². The molecule has 2 heterocycles. The molecule has 1 aromatic heterocycles. The summed E-state index contributed by atoms with van der Waals surface area (Å²) in [6.07, 6.45) is 4.44. The Morgan fingerprint density at radius 1 is 1.00 bits per heavy atom. The lowest BCUT2D eigenvalue weighted by Gasteiger charge is -2.32. The fourth-order valence-corrected chi connectivity index (χ4v) is 4.33. The van der Waals surface area contributed by atoms with Gasteiger partial charge >= 0.3 is 0 Å². The standard InChI is InChI=1S/C26H28N4O2/c1-2-4-23-15-20(5-6-21(23)3-1)17-32-26-16-27-12-11-25(26)22-7-9-24(10-8-22)31-14-13-30-19-28-18-29-30/h1-10,15,18-19,25-27H,11-14,16-17H2. The maximum absolute atomic E-state index is 6.41. The van der Waals surface area contributed by atoms with Crippen LogP contribution in [0.3, 0.4) is 0 Å². The van der Waals surface area contributed by atoms with E-state index in [9.17, 15) is 0 Å². The third-order valence-corrected chi connectivity index (χ3v) is 6.07. The molecule has 1 aliphatic rings. The lowest BCUT2D eigenvalue weighted by atomic mass is 9.87. The molecule has 0 aliphatic carbocycles. The smallest absolute Gasteiger partial charge is 0.137 e. The second-order valence-electron chi connectivity index (χ2n) is 8.21. The van der Waals surface area contributed by atoms with Gasteiger partial charge in [-0.2, -0.15) is 5.10 Å². The van der Waals surface area contributed by atoms with Crippen LogP contribution in [-0.2, 0) is 17.9 Å². The van der Waals surface area contributed by atoms with E-state index in [4.69, 9.17) is 9.47 Å². The molecule has 2 unspecified atom stereocenters. The van der Waals surface area contributed by atoms with Crippen molar-refractivity contribution in [1.82, 2.24) is 20.1 Å². The molecule has 0 saturated carbocycles. The molecule has 2 atom stereocenters. The Kier molecular flexibility index (Phi) is 6.42. The topological polar surface area (TPSA) is 61.2 Å². The van der Waals surface area contributed by atoms with Crippen molar-refractivity contribution in [2.45, 2.75) is 31.6 Å². The van der Waals surface area contributed by atoms with Crippen LogP contribution in [0.25, 0.3) is 10.8 Å². The molecule has 32 heavy (non-hydrogen) atoms. The molecule has 3 aromatic carbocycles. The molecule has 1 saturated heterocycles. The zero-order valence-electron chi connectivity index (χ0n) is 18.1. The Morgan fingerprint density at radius 3 is 2.72 bits per heavy atom. The first-order valence-corrected chi connectivity index (χ1v) is 11.2. The van der Waals surface area contributed by atoms with Gasteiger partial charge in [0.2, 0.25) is 0 Å². The number of rotatable bonds is 8. The lowest BCUT2D eigenvalue weighted by Crippen LogP contribution is -2.40. The minimum atomic E-state index is 0.148. The summed E-state index contributed by atoms with van der Waals surface area (Å²) in [4.78, 5) is 3.95. The third-order valence-electron chi connectivity index (χ3n) is 6.07. The summed E-state index contributed by atoms with van der Waals surface area (Å²) in [6, 6.07) is 23.5. The molecule has 164 valence electrons. The molecule has 0 radical (unpaired) electrons. The summed E-state index contributed by atoms with van der Waals surface area (Å²) < 4.78 is 14.0. The molecule has 6 nitrogen and oxygen atoms in total. The number of hydrogen-bond acceptors (Lipinski definition) is 5. The van der Waals surface area contributed by atoms with Crippen LogP contribution in [-0.4, -0.2) is 40.6 Å². The first-order chi connectivity index (χ1) is 15.8. The summed E-state index contributed by atoms with van der Waals surface area (Å²) in [7, 11) is 0. The second kappa shape index (κ2) is 9.94. The Morgan fingerprint density at radius 2 is 1.88 bits per heavy atom. The van der Waals surface area contributed by atoms with Gasteiger partial charge in [0.15, 0.2) is 0 Å². The minimum absolute atomic E-state index is 0.148. The van der Waals surface area contributed by atoms with Crippen LogP contribution in [0.15, 0.2) is 79.4 Å². The van der Waals surface area contributed by atoms with Gasteiger partial charge in [-0.05, 0) is 53.1 Å². The highest BCUT2D eigenvalue weighted by Gasteiger charge is 2.27. The summed E-state index contributed by atoms with van der Waals surface area (Å²) >= 11 is 0. The second-order valence-corrected chi connectivity index (χ2v) is 8.21. The van der Waals surface area contributed by atoms with Crippen molar-refractivity contribution in [2.24, 2.45) is 0 Å². The molecule has 4 aromatic rings. The van der Waals surface area contributed by atoms with Gasteiger partial charge in [-0.25, -0.2) is 9.67 Å². The zero-order valence-corrected chi connectivity index (χ0v) is 18.1. The van der Waals surface area contributed by atoms with Crippen LogP contribution in [0, 0.1) is 0 Å². The molecule has 0 spiro atoms. The van der Waals surface area contributed by atoms with E-state index in [1.165, 1.54) is 28.2 Å².